The maximum Gasteiger partial charge on any atom is 0.280 e. The van der Waals surface area contributed by atoms with E-state index in [9.17, 15) is 9.90 Å². The van der Waals surface area contributed by atoms with Gasteiger partial charge in [0, 0.05) is 5.56 Å². The normalized spacial score (nSPS) is 11.6. The van der Waals surface area contributed by atoms with Gasteiger partial charge in [-0.2, -0.15) is 5.10 Å². The molecule has 1 aromatic heterocycles. The molecule has 0 saturated carbocycles. The van der Waals surface area contributed by atoms with E-state index in [1.165, 1.54) is 12.3 Å². The van der Waals surface area contributed by atoms with Crippen molar-refractivity contribution >= 4 is 29.2 Å². The van der Waals surface area contributed by atoms with Crippen LogP contribution in [0.4, 0.5) is 0 Å². The third-order valence-corrected chi connectivity index (χ3v) is 3.58. The summed E-state index contributed by atoms with van der Waals surface area (Å²) in [6.45, 7) is 1.57. The van der Waals surface area contributed by atoms with Gasteiger partial charge < -0.3 is 9.94 Å². The van der Waals surface area contributed by atoms with E-state index in [4.69, 9.17) is 4.84 Å². The molecule has 0 unspecified atom stereocenters. The van der Waals surface area contributed by atoms with Crippen LogP contribution in [0.3, 0.4) is 0 Å². The molecular formula is C15H15N3O3S. The number of thiophene rings is 1. The van der Waals surface area contributed by atoms with Gasteiger partial charge in [-0.15, -0.1) is 11.3 Å². The average molecular weight is 317 g/mol. The molecule has 7 heteroatoms. The van der Waals surface area contributed by atoms with Crippen LogP contribution in [0.15, 0.2) is 52.0 Å². The minimum Gasteiger partial charge on any atom is -0.507 e. The van der Waals surface area contributed by atoms with Crippen molar-refractivity contribution < 1.29 is 14.7 Å². The van der Waals surface area contributed by atoms with Crippen molar-refractivity contribution in [2.75, 3.05) is 6.61 Å². The number of benzene rings is 1. The van der Waals surface area contributed by atoms with Crippen molar-refractivity contribution in [3.8, 4) is 5.75 Å². The Bertz CT molecular complexity index is 681. The second kappa shape index (κ2) is 7.94. The van der Waals surface area contributed by atoms with E-state index < -0.39 is 5.91 Å². The zero-order chi connectivity index (χ0) is 15.8. The third kappa shape index (κ3) is 4.71. The molecule has 2 aromatic rings. The molecule has 1 heterocycles. The molecule has 2 rings (SSSR count). The predicted molar refractivity (Wildman–Crippen MR) is 86.3 cm³/mol. The Balaban J connectivity index is 1.77. The highest BCUT2D eigenvalue weighted by molar-refractivity contribution is 7.12. The van der Waals surface area contributed by atoms with Crippen molar-refractivity contribution in [1.29, 1.82) is 0 Å². The monoisotopic (exact) mass is 317 g/mol. The van der Waals surface area contributed by atoms with Gasteiger partial charge in [-0.05, 0) is 30.5 Å². The molecule has 0 atom stereocenters. The minimum atomic E-state index is -0.436. The number of carbonyl (C=O) groups excluding carboxylic acids is 1. The molecule has 6 nitrogen and oxygen atoms in total. The van der Waals surface area contributed by atoms with Gasteiger partial charge >= 0.3 is 0 Å². The van der Waals surface area contributed by atoms with Crippen LogP contribution in [-0.4, -0.2) is 29.5 Å². The minimum absolute atomic E-state index is 0.0907. The van der Waals surface area contributed by atoms with Crippen LogP contribution in [0, 0.1) is 0 Å². The fourth-order valence-electron chi connectivity index (χ4n) is 1.52. The molecule has 1 aromatic carbocycles. The smallest absolute Gasteiger partial charge is 0.280 e. The van der Waals surface area contributed by atoms with E-state index in [0.717, 1.165) is 4.88 Å². The van der Waals surface area contributed by atoms with Gasteiger partial charge in [-0.3, -0.25) is 4.79 Å². The second-order valence-electron chi connectivity index (χ2n) is 4.28. The Hall–Kier alpha value is -2.67. The average Bonchev–Trinajstić information content (AvgIpc) is 3.03. The summed E-state index contributed by atoms with van der Waals surface area (Å²) in [6, 6.07) is 10.5. The zero-order valence-corrected chi connectivity index (χ0v) is 12.7. The number of phenolic OH excluding ortho intramolecular Hbond substituents is 1. The van der Waals surface area contributed by atoms with Gasteiger partial charge in [0.05, 0.1) is 16.8 Å². The number of phenols is 1. The van der Waals surface area contributed by atoms with Crippen LogP contribution in [0.2, 0.25) is 0 Å². The van der Waals surface area contributed by atoms with Crippen LogP contribution < -0.4 is 5.43 Å². The zero-order valence-electron chi connectivity index (χ0n) is 11.9. The SMILES string of the molecule is CC(=NOCC(=O)N/N=C/c1ccccc1O)c1cccs1. The van der Waals surface area contributed by atoms with Crippen LogP contribution in [0.5, 0.6) is 5.75 Å². The Morgan fingerprint density at radius 2 is 2.18 bits per heavy atom. The van der Waals surface area contributed by atoms with E-state index in [1.54, 1.807) is 36.5 Å². The summed E-state index contributed by atoms with van der Waals surface area (Å²) in [7, 11) is 0. The molecule has 0 aliphatic heterocycles. The molecule has 0 bridgehead atoms. The van der Waals surface area contributed by atoms with Crippen LogP contribution in [0.25, 0.3) is 0 Å². The first kappa shape index (κ1) is 15.7. The summed E-state index contributed by atoms with van der Waals surface area (Å²) in [6.07, 6.45) is 1.35. The van der Waals surface area contributed by atoms with Gasteiger partial charge in [0.25, 0.3) is 5.91 Å². The summed E-state index contributed by atoms with van der Waals surface area (Å²) < 4.78 is 0. The molecule has 0 spiro atoms. The number of hydrogen-bond donors (Lipinski definition) is 2. The van der Waals surface area contributed by atoms with Crippen LogP contribution in [0.1, 0.15) is 17.4 Å². The molecular weight excluding hydrogens is 302 g/mol. The lowest BCUT2D eigenvalue weighted by Crippen LogP contribution is -2.22. The van der Waals surface area contributed by atoms with E-state index in [-0.39, 0.29) is 12.4 Å². The summed E-state index contributed by atoms with van der Waals surface area (Å²) >= 11 is 1.54. The first-order valence-corrected chi connectivity index (χ1v) is 7.35. The Morgan fingerprint density at radius 3 is 2.91 bits per heavy atom. The van der Waals surface area contributed by atoms with Crippen molar-refractivity contribution in [3.63, 3.8) is 0 Å². The maximum absolute atomic E-state index is 11.5. The number of hydrazone groups is 1. The molecule has 114 valence electrons. The number of aromatic hydroxyl groups is 1. The number of hydrogen-bond acceptors (Lipinski definition) is 6. The van der Waals surface area contributed by atoms with Crippen LogP contribution >= 0.6 is 11.3 Å². The largest absolute Gasteiger partial charge is 0.507 e. The number of nitrogens with zero attached hydrogens (tertiary/aromatic N) is 2. The van der Waals surface area contributed by atoms with Crippen molar-refractivity contribution in [2.24, 2.45) is 10.3 Å². The van der Waals surface area contributed by atoms with Gasteiger partial charge in [0.1, 0.15) is 5.75 Å². The second-order valence-corrected chi connectivity index (χ2v) is 5.23. The molecule has 0 radical (unpaired) electrons. The van der Waals surface area contributed by atoms with Crippen molar-refractivity contribution in [2.45, 2.75) is 6.92 Å². The highest BCUT2D eigenvalue weighted by atomic mass is 32.1. The van der Waals surface area contributed by atoms with Crippen LogP contribution in [-0.2, 0) is 9.63 Å². The molecule has 1 amide bonds. The fourth-order valence-corrected chi connectivity index (χ4v) is 2.19. The Kier molecular flexibility index (Phi) is 5.67. The highest BCUT2D eigenvalue weighted by Crippen LogP contribution is 2.12. The molecule has 0 aliphatic carbocycles. The topological polar surface area (TPSA) is 83.3 Å². The number of carbonyl (C=O) groups is 1. The molecule has 2 N–H and O–H groups in total. The summed E-state index contributed by atoms with van der Waals surface area (Å²) in [5, 5.41) is 19.1. The molecule has 22 heavy (non-hydrogen) atoms. The third-order valence-electron chi connectivity index (χ3n) is 2.60. The van der Waals surface area contributed by atoms with E-state index in [0.29, 0.717) is 11.3 Å². The van der Waals surface area contributed by atoms with Gasteiger partial charge in [0.2, 0.25) is 0 Å². The Morgan fingerprint density at radius 1 is 1.36 bits per heavy atom. The summed E-state index contributed by atoms with van der Waals surface area (Å²) in [5.74, 6) is -0.345. The van der Waals surface area contributed by atoms with E-state index in [2.05, 4.69) is 15.7 Å². The van der Waals surface area contributed by atoms with Gasteiger partial charge in [0.15, 0.2) is 6.61 Å². The summed E-state index contributed by atoms with van der Waals surface area (Å²) in [4.78, 5) is 17.5. The molecule has 0 aliphatic rings. The lowest BCUT2D eigenvalue weighted by molar-refractivity contribution is -0.125. The van der Waals surface area contributed by atoms with Gasteiger partial charge in [-0.25, -0.2) is 5.43 Å². The molecule has 0 saturated heterocycles. The highest BCUT2D eigenvalue weighted by Gasteiger charge is 2.02. The standard InChI is InChI=1S/C15H15N3O3S/c1-11(14-7-4-8-22-14)18-21-10-15(20)17-16-9-12-5-2-3-6-13(12)19/h2-9,19H,10H2,1H3,(H,17,20)/b16-9+,18-11?. The maximum atomic E-state index is 11.5. The number of amides is 1. The lowest BCUT2D eigenvalue weighted by atomic mass is 10.2. The number of oxime groups is 1. The first-order chi connectivity index (χ1) is 10.7. The number of nitrogens with one attached hydrogen (secondary N) is 1. The van der Waals surface area contributed by atoms with Gasteiger partial charge in [-0.1, -0.05) is 23.4 Å². The summed E-state index contributed by atoms with van der Waals surface area (Å²) in [5.41, 5.74) is 3.51. The number of rotatable bonds is 6. The fraction of sp³-hybridized carbons (Fsp3) is 0.133. The predicted octanol–water partition coefficient (Wildman–Crippen LogP) is 2.34. The molecule has 0 fully saturated rings. The lowest BCUT2D eigenvalue weighted by Gasteiger charge is -2.00. The Labute approximate surface area is 131 Å². The first-order valence-electron chi connectivity index (χ1n) is 6.47. The van der Waals surface area contributed by atoms with Crippen molar-refractivity contribution in [1.82, 2.24) is 5.43 Å². The van der Waals surface area contributed by atoms with Crippen molar-refractivity contribution in [3.05, 3.63) is 52.2 Å². The van der Waals surface area contributed by atoms with E-state index >= 15 is 0 Å². The van der Waals surface area contributed by atoms with E-state index in [1.807, 2.05) is 17.5 Å². The quantitative estimate of drug-likeness (QED) is 0.633. The number of para-hydroxylation sites is 1.